The van der Waals surface area contributed by atoms with Crippen LogP contribution in [0.2, 0.25) is 0 Å². The number of nitrogens with one attached hydrogen (secondary N) is 3. The lowest BCUT2D eigenvalue weighted by Gasteiger charge is -2.27. The van der Waals surface area contributed by atoms with Crippen LogP contribution in [0.3, 0.4) is 0 Å². The molecule has 0 radical (unpaired) electrons. The third-order valence-electron chi connectivity index (χ3n) is 3.22. The molecular formula is C13H25N3O2. The van der Waals surface area contributed by atoms with Crippen LogP contribution in [0.25, 0.3) is 0 Å². The fraction of sp³-hybridized carbons (Fsp3) is 0.846. The van der Waals surface area contributed by atoms with Crippen LogP contribution in [0.5, 0.6) is 0 Å². The minimum absolute atomic E-state index is 0.0100. The van der Waals surface area contributed by atoms with Crippen LogP contribution in [0.15, 0.2) is 0 Å². The molecule has 1 fully saturated rings. The first-order valence-electron chi connectivity index (χ1n) is 6.91. The van der Waals surface area contributed by atoms with E-state index in [0.717, 1.165) is 25.8 Å². The Morgan fingerprint density at radius 3 is 2.72 bits per heavy atom. The van der Waals surface area contributed by atoms with Gasteiger partial charge in [0.15, 0.2) is 0 Å². The molecule has 5 heteroatoms. The van der Waals surface area contributed by atoms with Crippen molar-refractivity contribution < 1.29 is 9.59 Å². The second-order valence-electron chi connectivity index (χ2n) is 4.97. The van der Waals surface area contributed by atoms with Crippen molar-refractivity contribution in [1.29, 1.82) is 0 Å². The van der Waals surface area contributed by atoms with E-state index in [0.29, 0.717) is 25.6 Å². The second kappa shape index (κ2) is 8.08. The summed E-state index contributed by atoms with van der Waals surface area (Å²) >= 11 is 0. The van der Waals surface area contributed by atoms with Crippen molar-refractivity contribution in [3.63, 3.8) is 0 Å². The summed E-state index contributed by atoms with van der Waals surface area (Å²) in [6, 6.07) is 0.405. The van der Waals surface area contributed by atoms with Crippen molar-refractivity contribution >= 4 is 11.8 Å². The molecule has 1 heterocycles. The quantitative estimate of drug-likeness (QED) is 0.644. The Labute approximate surface area is 109 Å². The SMILES string of the molecule is CCCNC(=O)CCNC(=O)C1CCNC(C)C1. The summed E-state index contributed by atoms with van der Waals surface area (Å²) in [5.74, 6) is 0.197. The van der Waals surface area contributed by atoms with Crippen molar-refractivity contribution in [2.75, 3.05) is 19.6 Å². The van der Waals surface area contributed by atoms with Crippen LogP contribution in [-0.4, -0.2) is 37.5 Å². The van der Waals surface area contributed by atoms with E-state index >= 15 is 0 Å². The molecule has 1 aliphatic heterocycles. The Kier molecular flexibility index (Phi) is 6.72. The van der Waals surface area contributed by atoms with Crippen LogP contribution in [0, 0.1) is 5.92 Å². The first-order chi connectivity index (χ1) is 8.63. The number of rotatable bonds is 6. The summed E-state index contributed by atoms with van der Waals surface area (Å²) in [5.41, 5.74) is 0. The molecule has 1 rings (SSSR count). The number of carbonyl (C=O) groups is 2. The Balaban J connectivity index is 2.14. The van der Waals surface area contributed by atoms with Gasteiger partial charge in [0.1, 0.15) is 0 Å². The predicted molar refractivity (Wildman–Crippen MR) is 71.1 cm³/mol. The molecule has 0 aromatic carbocycles. The van der Waals surface area contributed by atoms with Gasteiger partial charge in [0.05, 0.1) is 0 Å². The van der Waals surface area contributed by atoms with Gasteiger partial charge in [0, 0.05) is 31.5 Å². The third-order valence-corrected chi connectivity index (χ3v) is 3.22. The molecule has 0 saturated carbocycles. The minimum atomic E-state index is 0.0100. The van der Waals surface area contributed by atoms with Gasteiger partial charge in [-0.15, -0.1) is 0 Å². The first kappa shape index (κ1) is 15.0. The Bertz CT molecular complexity index is 281. The number of hydrogen-bond acceptors (Lipinski definition) is 3. The number of amides is 2. The zero-order valence-corrected chi connectivity index (χ0v) is 11.4. The van der Waals surface area contributed by atoms with Gasteiger partial charge in [-0.05, 0) is 32.7 Å². The van der Waals surface area contributed by atoms with Crippen molar-refractivity contribution in [2.24, 2.45) is 5.92 Å². The van der Waals surface area contributed by atoms with E-state index in [-0.39, 0.29) is 17.7 Å². The maximum Gasteiger partial charge on any atom is 0.223 e. The normalized spacial score (nSPS) is 23.4. The van der Waals surface area contributed by atoms with Gasteiger partial charge in [-0.1, -0.05) is 6.92 Å². The minimum Gasteiger partial charge on any atom is -0.356 e. The number of piperidine rings is 1. The van der Waals surface area contributed by atoms with Gasteiger partial charge in [0.2, 0.25) is 11.8 Å². The summed E-state index contributed by atoms with van der Waals surface area (Å²) in [7, 11) is 0. The van der Waals surface area contributed by atoms with Crippen molar-refractivity contribution in [1.82, 2.24) is 16.0 Å². The standard InChI is InChI=1S/C13H25N3O2/c1-3-6-15-12(17)5-8-16-13(18)11-4-7-14-10(2)9-11/h10-11,14H,3-9H2,1-2H3,(H,15,17)(H,16,18). The van der Waals surface area contributed by atoms with Crippen LogP contribution >= 0.6 is 0 Å². The average molecular weight is 255 g/mol. The molecule has 2 atom stereocenters. The van der Waals surface area contributed by atoms with Crippen molar-refractivity contribution in [2.45, 2.75) is 45.6 Å². The summed E-state index contributed by atoms with van der Waals surface area (Å²) in [6.45, 7) is 6.15. The van der Waals surface area contributed by atoms with Crippen molar-refractivity contribution in [3.05, 3.63) is 0 Å². The molecule has 1 saturated heterocycles. The van der Waals surface area contributed by atoms with Crippen LogP contribution in [0.1, 0.15) is 39.5 Å². The van der Waals surface area contributed by atoms with Crippen LogP contribution < -0.4 is 16.0 Å². The zero-order chi connectivity index (χ0) is 13.4. The monoisotopic (exact) mass is 255 g/mol. The summed E-state index contributed by atoms with van der Waals surface area (Å²) in [6.07, 6.45) is 3.07. The molecule has 0 spiro atoms. The summed E-state index contributed by atoms with van der Waals surface area (Å²) in [4.78, 5) is 23.2. The molecule has 3 N–H and O–H groups in total. The molecule has 0 aliphatic carbocycles. The molecule has 0 aromatic heterocycles. The molecule has 1 aliphatic rings. The number of hydrogen-bond donors (Lipinski definition) is 3. The van der Waals surface area contributed by atoms with E-state index < -0.39 is 0 Å². The maximum atomic E-state index is 11.9. The van der Waals surface area contributed by atoms with Crippen LogP contribution in [-0.2, 0) is 9.59 Å². The van der Waals surface area contributed by atoms with Crippen molar-refractivity contribution in [3.8, 4) is 0 Å². The highest BCUT2D eigenvalue weighted by molar-refractivity contribution is 5.80. The van der Waals surface area contributed by atoms with Crippen LogP contribution in [0.4, 0.5) is 0 Å². The van der Waals surface area contributed by atoms with E-state index in [4.69, 9.17) is 0 Å². The molecule has 2 unspecified atom stereocenters. The highest BCUT2D eigenvalue weighted by Gasteiger charge is 2.24. The molecule has 0 aromatic rings. The van der Waals surface area contributed by atoms with E-state index in [2.05, 4.69) is 22.9 Å². The lowest BCUT2D eigenvalue weighted by molar-refractivity contribution is -0.126. The van der Waals surface area contributed by atoms with Gasteiger partial charge in [-0.2, -0.15) is 0 Å². The van der Waals surface area contributed by atoms with Gasteiger partial charge in [-0.3, -0.25) is 9.59 Å². The highest BCUT2D eigenvalue weighted by Crippen LogP contribution is 2.15. The highest BCUT2D eigenvalue weighted by atomic mass is 16.2. The molecule has 5 nitrogen and oxygen atoms in total. The second-order valence-corrected chi connectivity index (χ2v) is 4.97. The van der Waals surface area contributed by atoms with Gasteiger partial charge >= 0.3 is 0 Å². The maximum absolute atomic E-state index is 11.9. The zero-order valence-electron chi connectivity index (χ0n) is 11.4. The molecule has 18 heavy (non-hydrogen) atoms. The largest absolute Gasteiger partial charge is 0.356 e. The molecule has 2 amide bonds. The van der Waals surface area contributed by atoms with E-state index in [1.54, 1.807) is 0 Å². The Hall–Kier alpha value is -1.10. The van der Waals surface area contributed by atoms with E-state index in [1.807, 2.05) is 6.92 Å². The van der Waals surface area contributed by atoms with Gasteiger partial charge in [0.25, 0.3) is 0 Å². The molecule has 104 valence electrons. The fourth-order valence-electron chi connectivity index (χ4n) is 2.17. The van der Waals surface area contributed by atoms with Gasteiger partial charge < -0.3 is 16.0 Å². The fourth-order valence-corrected chi connectivity index (χ4v) is 2.17. The molecule has 0 bridgehead atoms. The number of carbonyl (C=O) groups excluding carboxylic acids is 2. The molecular weight excluding hydrogens is 230 g/mol. The Morgan fingerprint density at radius 1 is 1.28 bits per heavy atom. The van der Waals surface area contributed by atoms with E-state index in [9.17, 15) is 9.59 Å². The lowest BCUT2D eigenvalue weighted by atomic mass is 9.92. The third kappa shape index (κ3) is 5.49. The average Bonchev–Trinajstić information content (AvgIpc) is 2.36. The smallest absolute Gasteiger partial charge is 0.223 e. The Morgan fingerprint density at radius 2 is 2.06 bits per heavy atom. The summed E-state index contributed by atoms with van der Waals surface area (Å²) < 4.78 is 0. The van der Waals surface area contributed by atoms with Gasteiger partial charge in [-0.25, -0.2) is 0 Å². The lowest BCUT2D eigenvalue weighted by Crippen LogP contribution is -2.43. The van der Waals surface area contributed by atoms with E-state index in [1.165, 1.54) is 0 Å². The topological polar surface area (TPSA) is 70.2 Å². The summed E-state index contributed by atoms with van der Waals surface area (Å²) in [5, 5.41) is 8.97. The first-order valence-corrected chi connectivity index (χ1v) is 6.91. The predicted octanol–water partition coefficient (Wildman–Crippen LogP) is 0.407.